The van der Waals surface area contributed by atoms with Crippen LogP contribution in [0.3, 0.4) is 0 Å². The first-order valence-corrected chi connectivity index (χ1v) is 9.96. The van der Waals surface area contributed by atoms with Crippen molar-refractivity contribution < 1.29 is 14.3 Å². The summed E-state index contributed by atoms with van der Waals surface area (Å²) in [5.41, 5.74) is 2.36. The summed E-state index contributed by atoms with van der Waals surface area (Å²) in [5, 5.41) is 10.1. The lowest BCUT2D eigenvalue weighted by atomic mass is 10.1. The third-order valence-electron chi connectivity index (χ3n) is 4.19. The van der Waals surface area contributed by atoms with Crippen LogP contribution in [0.15, 0.2) is 74.0 Å². The first-order chi connectivity index (χ1) is 13.5. The zero-order chi connectivity index (χ0) is 19.7. The van der Waals surface area contributed by atoms with Crippen molar-refractivity contribution in [2.24, 2.45) is 0 Å². The number of furan rings is 1. The highest BCUT2D eigenvalue weighted by Gasteiger charge is 2.11. The molecule has 0 aliphatic heterocycles. The zero-order valence-electron chi connectivity index (χ0n) is 14.4. The average molecular weight is 499 g/mol. The number of aromatic nitrogens is 1. The van der Waals surface area contributed by atoms with Crippen LogP contribution < -0.4 is 0 Å². The van der Waals surface area contributed by atoms with Gasteiger partial charge in [-0.1, -0.05) is 44.0 Å². The fraction of sp³-hybridized carbons (Fsp3) is 0. The van der Waals surface area contributed by atoms with Gasteiger partial charge in [-0.05, 0) is 60.7 Å². The predicted molar refractivity (Wildman–Crippen MR) is 117 cm³/mol. The van der Waals surface area contributed by atoms with Crippen LogP contribution in [-0.2, 0) is 0 Å². The Morgan fingerprint density at radius 2 is 1.68 bits per heavy atom. The van der Waals surface area contributed by atoms with E-state index in [-0.39, 0.29) is 5.56 Å². The monoisotopic (exact) mass is 497 g/mol. The number of carboxylic acid groups (broad SMARTS) is 1. The highest BCUT2D eigenvalue weighted by atomic mass is 79.9. The van der Waals surface area contributed by atoms with E-state index in [4.69, 9.17) is 4.42 Å². The van der Waals surface area contributed by atoms with Crippen LogP contribution >= 0.6 is 31.9 Å². The molecule has 0 saturated carbocycles. The molecule has 0 aliphatic carbocycles. The van der Waals surface area contributed by atoms with E-state index in [2.05, 4.69) is 36.8 Å². The van der Waals surface area contributed by atoms with Crippen LogP contribution in [0.5, 0.6) is 0 Å². The Morgan fingerprint density at radius 3 is 2.43 bits per heavy atom. The second-order valence-corrected chi connectivity index (χ2v) is 7.93. The summed E-state index contributed by atoms with van der Waals surface area (Å²) >= 11 is 6.79. The summed E-state index contributed by atoms with van der Waals surface area (Å²) in [7, 11) is 0. The fourth-order valence-corrected chi connectivity index (χ4v) is 3.49. The molecule has 2 heterocycles. The summed E-state index contributed by atoms with van der Waals surface area (Å²) in [6.07, 6.45) is 3.53. The Morgan fingerprint density at radius 1 is 0.929 bits per heavy atom. The van der Waals surface area contributed by atoms with Crippen molar-refractivity contribution >= 4 is 60.9 Å². The lowest BCUT2D eigenvalue weighted by molar-refractivity contribution is 0.0699. The number of benzene rings is 2. The van der Waals surface area contributed by atoms with Crippen LogP contribution in [0.1, 0.15) is 21.8 Å². The molecule has 6 heteroatoms. The van der Waals surface area contributed by atoms with Crippen molar-refractivity contribution in [3.63, 3.8) is 0 Å². The Kier molecular flexibility index (Phi) is 5.15. The van der Waals surface area contributed by atoms with E-state index < -0.39 is 5.97 Å². The highest BCUT2D eigenvalue weighted by Crippen LogP contribution is 2.26. The Bertz CT molecular complexity index is 1210. The number of aromatic carboxylic acids is 1. The summed E-state index contributed by atoms with van der Waals surface area (Å²) < 4.78 is 7.67. The quantitative estimate of drug-likeness (QED) is 0.332. The first kappa shape index (κ1) is 18.7. The van der Waals surface area contributed by atoms with Gasteiger partial charge in [0.1, 0.15) is 11.5 Å². The molecule has 0 aliphatic rings. The number of pyridine rings is 1. The van der Waals surface area contributed by atoms with Crippen LogP contribution in [-0.4, -0.2) is 16.1 Å². The second-order valence-electron chi connectivity index (χ2n) is 6.10. The number of hydrogen-bond acceptors (Lipinski definition) is 3. The molecule has 4 nitrogen and oxygen atoms in total. The summed E-state index contributed by atoms with van der Waals surface area (Å²) in [6.45, 7) is 0. The van der Waals surface area contributed by atoms with Crippen LogP contribution in [0.2, 0.25) is 0 Å². The van der Waals surface area contributed by atoms with E-state index in [0.717, 1.165) is 20.3 Å². The Balaban J connectivity index is 1.66. The lowest BCUT2D eigenvalue weighted by Crippen LogP contribution is -2.00. The number of carboxylic acids is 1. The van der Waals surface area contributed by atoms with E-state index in [9.17, 15) is 9.90 Å². The van der Waals surface area contributed by atoms with Gasteiger partial charge < -0.3 is 9.52 Å². The van der Waals surface area contributed by atoms with Gasteiger partial charge in [0.05, 0.1) is 16.8 Å². The molecule has 0 atom stereocenters. The molecule has 28 heavy (non-hydrogen) atoms. The van der Waals surface area contributed by atoms with E-state index in [1.807, 2.05) is 42.5 Å². The minimum atomic E-state index is -0.990. The van der Waals surface area contributed by atoms with Gasteiger partial charge >= 0.3 is 5.97 Å². The Hall–Kier alpha value is -2.70. The van der Waals surface area contributed by atoms with Crippen molar-refractivity contribution in [2.75, 3.05) is 0 Å². The maximum Gasteiger partial charge on any atom is 0.336 e. The molecule has 4 rings (SSSR count). The number of fused-ring (bicyclic) bond motifs is 1. The van der Waals surface area contributed by atoms with Gasteiger partial charge in [-0.2, -0.15) is 0 Å². The van der Waals surface area contributed by atoms with E-state index >= 15 is 0 Å². The van der Waals surface area contributed by atoms with Gasteiger partial charge in [0.2, 0.25) is 0 Å². The van der Waals surface area contributed by atoms with Gasteiger partial charge in [-0.15, -0.1) is 0 Å². The van der Waals surface area contributed by atoms with Crippen molar-refractivity contribution in [2.45, 2.75) is 0 Å². The van der Waals surface area contributed by atoms with Crippen molar-refractivity contribution in [3.05, 3.63) is 86.6 Å². The van der Waals surface area contributed by atoms with E-state index in [1.54, 1.807) is 30.4 Å². The number of halogens is 2. The number of nitrogens with zero attached hydrogens (tertiary/aromatic N) is 1. The molecule has 0 fully saturated rings. The van der Waals surface area contributed by atoms with Crippen LogP contribution in [0.25, 0.3) is 34.4 Å². The predicted octanol–water partition coefficient (Wildman–Crippen LogP) is 6.89. The third-order valence-corrected chi connectivity index (χ3v) is 5.22. The zero-order valence-corrected chi connectivity index (χ0v) is 17.6. The Labute approximate surface area is 177 Å². The number of rotatable bonds is 4. The number of hydrogen-bond donors (Lipinski definition) is 1. The SMILES string of the molecule is O=C(O)c1cc(/C=C/c2ccc(-c3ccc(Br)cc3)o2)nc2ccc(Br)cc12. The molecular formula is C22H13Br2NO3. The van der Waals surface area contributed by atoms with Crippen LogP contribution in [0.4, 0.5) is 0 Å². The van der Waals surface area contributed by atoms with Gasteiger partial charge in [0.25, 0.3) is 0 Å². The maximum absolute atomic E-state index is 11.6. The molecule has 0 amide bonds. The van der Waals surface area contributed by atoms with E-state index in [0.29, 0.717) is 22.4 Å². The molecule has 0 saturated heterocycles. The minimum absolute atomic E-state index is 0.209. The molecule has 0 spiro atoms. The first-order valence-electron chi connectivity index (χ1n) is 8.37. The van der Waals surface area contributed by atoms with Crippen molar-refractivity contribution in [1.29, 1.82) is 0 Å². The molecule has 0 radical (unpaired) electrons. The van der Waals surface area contributed by atoms with Gasteiger partial charge in [0, 0.05) is 19.9 Å². The minimum Gasteiger partial charge on any atom is -0.478 e. The standard InChI is InChI=1S/C22H13Br2NO3/c23-14-3-1-13(2-4-14)21-10-8-17(28-21)7-6-16-12-19(22(26)27)18-11-15(24)5-9-20(18)25-16/h1-12H,(H,26,27)/b7-6+. The highest BCUT2D eigenvalue weighted by molar-refractivity contribution is 9.10. The largest absolute Gasteiger partial charge is 0.478 e. The summed E-state index contributed by atoms with van der Waals surface area (Å²) in [5.74, 6) is 0.429. The molecule has 0 bridgehead atoms. The van der Waals surface area contributed by atoms with E-state index in [1.165, 1.54) is 0 Å². The normalized spacial score (nSPS) is 11.4. The van der Waals surface area contributed by atoms with Gasteiger partial charge in [0.15, 0.2) is 0 Å². The van der Waals surface area contributed by atoms with Crippen LogP contribution in [0, 0.1) is 0 Å². The average Bonchev–Trinajstić information content (AvgIpc) is 3.15. The third kappa shape index (κ3) is 3.93. The summed E-state index contributed by atoms with van der Waals surface area (Å²) in [4.78, 5) is 16.2. The topological polar surface area (TPSA) is 63.3 Å². The molecule has 4 aromatic rings. The van der Waals surface area contributed by atoms with Gasteiger partial charge in [-0.25, -0.2) is 9.78 Å². The molecular weight excluding hydrogens is 486 g/mol. The van der Waals surface area contributed by atoms with Gasteiger partial charge in [-0.3, -0.25) is 0 Å². The lowest BCUT2D eigenvalue weighted by Gasteiger charge is -2.05. The van der Waals surface area contributed by atoms with Crippen molar-refractivity contribution in [3.8, 4) is 11.3 Å². The van der Waals surface area contributed by atoms with Crippen molar-refractivity contribution in [1.82, 2.24) is 4.98 Å². The molecule has 2 aromatic carbocycles. The second kappa shape index (κ2) is 7.73. The maximum atomic E-state index is 11.6. The summed E-state index contributed by atoms with van der Waals surface area (Å²) in [6, 6.07) is 18.6. The molecule has 0 unspecified atom stereocenters. The molecule has 2 aromatic heterocycles. The fourth-order valence-electron chi connectivity index (χ4n) is 2.86. The number of carbonyl (C=O) groups is 1. The smallest absolute Gasteiger partial charge is 0.336 e. The molecule has 138 valence electrons. The molecule has 1 N–H and O–H groups in total.